The molecule has 16 heteroatoms. The number of amides is 3. The lowest BCUT2D eigenvalue weighted by Gasteiger charge is -2.27. The molecule has 39 heavy (non-hydrogen) atoms. The lowest BCUT2D eigenvalue weighted by Crippen LogP contribution is -2.58. The predicted molar refractivity (Wildman–Crippen MR) is 142 cm³/mol. The van der Waals surface area contributed by atoms with Gasteiger partial charge >= 0.3 is 5.97 Å². The Bertz CT molecular complexity index is 1120. The first-order chi connectivity index (χ1) is 17.9. The third-order valence-electron chi connectivity index (χ3n) is 5.54. The Hall–Kier alpha value is -2.56. The van der Waals surface area contributed by atoms with Crippen LogP contribution in [0.15, 0.2) is 12.2 Å². The molecule has 1 rings (SSSR count). The minimum absolute atomic E-state index is 0.0961. The van der Waals surface area contributed by atoms with Gasteiger partial charge < -0.3 is 20.7 Å². The number of carbonyl (C=O) groups excluding carboxylic acids is 4. The number of sulfonamides is 1. The molecule has 1 saturated heterocycles. The van der Waals surface area contributed by atoms with E-state index < -0.39 is 68.1 Å². The van der Waals surface area contributed by atoms with Crippen LogP contribution in [0.2, 0.25) is 0 Å². The van der Waals surface area contributed by atoms with E-state index in [1.807, 2.05) is 4.72 Å². The van der Waals surface area contributed by atoms with Gasteiger partial charge in [0.1, 0.15) is 12.1 Å². The van der Waals surface area contributed by atoms with E-state index in [2.05, 4.69) is 16.0 Å². The Balaban J connectivity index is 3.18. The lowest BCUT2D eigenvalue weighted by atomic mass is 9.97. The van der Waals surface area contributed by atoms with E-state index in [0.717, 1.165) is 18.6 Å². The molecular formula is C23H40N4O10S2. The highest BCUT2D eigenvalue weighted by Gasteiger charge is 2.35. The van der Waals surface area contributed by atoms with Gasteiger partial charge in [0.15, 0.2) is 0 Å². The highest BCUT2D eigenvalue weighted by Crippen LogP contribution is 2.17. The summed E-state index contributed by atoms with van der Waals surface area (Å²) in [6.45, 7) is 7.08. The number of esters is 1. The maximum Gasteiger partial charge on any atom is 0.330 e. The Kier molecular flexibility index (Phi) is 13.5. The molecule has 4 N–H and O–H groups in total. The molecule has 0 radical (unpaired) electrons. The smallest absolute Gasteiger partial charge is 0.330 e. The molecule has 0 aromatic rings. The average molecular weight is 597 g/mol. The molecule has 0 aliphatic carbocycles. The number of carbonyl (C=O) groups is 4. The molecule has 1 aliphatic rings. The van der Waals surface area contributed by atoms with Crippen LogP contribution < -0.4 is 20.7 Å². The van der Waals surface area contributed by atoms with Crippen molar-refractivity contribution in [3.05, 3.63) is 12.2 Å². The van der Waals surface area contributed by atoms with Crippen LogP contribution in [0.3, 0.4) is 0 Å². The number of nitrogens with one attached hydrogen (secondary N) is 4. The quantitative estimate of drug-likeness (QED) is 0.0965. The zero-order valence-electron chi connectivity index (χ0n) is 23.1. The summed E-state index contributed by atoms with van der Waals surface area (Å²) in [5.41, 5.74) is 0. The Morgan fingerprint density at radius 2 is 1.72 bits per heavy atom. The summed E-state index contributed by atoms with van der Waals surface area (Å²) in [5, 5.41) is 7.93. The Morgan fingerprint density at radius 1 is 1.08 bits per heavy atom. The lowest BCUT2D eigenvalue weighted by molar-refractivity contribution is -0.137. The minimum Gasteiger partial charge on any atom is -0.463 e. The summed E-state index contributed by atoms with van der Waals surface area (Å²) in [6, 6.07) is -3.60. The zero-order valence-corrected chi connectivity index (χ0v) is 24.7. The van der Waals surface area contributed by atoms with E-state index >= 15 is 0 Å². The molecule has 0 aromatic carbocycles. The van der Waals surface area contributed by atoms with Crippen molar-refractivity contribution in [2.75, 3.05) is 25.7 Å². The molecule has 224 valence electrons. The van der Waals surface area contributed by atoms with E-state index in [1.165, 1.54) is 13.0 Å². The summed E-state index contributed by atoms with van der Waals surface area (Å²) in [5.74, 6) is -2.94. The molecule has 0 aromatic heterocycles. The van der Waals surface area contributed by atoms with Gasteiger partial charge in [0.05, 0.1) is 25.2 Å². The van der Waals surface area contributed by atoms with Crippen molar-refractivity contribution >= 4 is 43.8 Å². The first kappa shape index (κ1) is 34.5. The van der Waals surface area contributed by atoms with Crippen LogP contribution in [0.5, 0.6) is 0 Å². The van der Waals surface area contributed by atoms with Gasteiger partial charge in [-0.3, -0.25) is 18.6 Å². The molecule has 5 atom stereocenters. The number of hydrogen-bond donors (Lipinski definition) is 4. The van der Waals surface area contributed by atoms with Gasteiger partial charge in [-0.05, 0) is 39.0 Å². The van der Waals surface area contributed by atoms with E-state index in [4.69, 9.17) is 8.92 Å². The summed E-state index contributed by atoms with van der Waals surface area (Å²) >= 11 is 0. The minimum atomic E-state index is -4.04. The van der Waals surface area contributed by atoms with E-state index in [1.54, 1.807) is 20.8 Å². The van der Waals surface area contributed by atoms with Crippen LogP contribution >= 0.6 is 0 Å². The van der Waals surface area contributed by atoms with Crippen molar-refractivity contribution in [3.8, 4) is 0 Å². The molecule has 1 heterocycles. The average Bonchev–Trinajstić information content (AvgIpc) is 3.17. The third-order valence-corrected chi connectivity index (χ3v) is 6.87. The van der Waals surface area contributed by atoms with Crippen molar-refractivity contribution in [3.63, 3.8) is 0 Å². The van der Waals surface area contributed by atoms with Crippen molar-refractivity contribution in [1.82, 2.24) is 20.7 Å². The highest BCUT2D eigenvalue weighted by atomic mass is 32.2. The van der Waals surface area contributed by atoms with Crippen LogP contribution in [-0.2, 0) is 48.2 Å². The largest absolute Gasteiger partial charge is 0.463 e. The summed E-state index contributed by atoms with van der Waals surface area (Å²) in [4.78, 5) is 50.4. The summed E-state index contributed by atoms with van der Waals surface area (Å²) < 4.78 is 58.6. The first-order valence-corrected chi connectivity index (χ1v) is 16.2. The second kappa shape index (κ2) is 15.3. The molecule has 0 saturated carbocycles. The summed E-state index contributed by atoms with van der Waals surface area (Å²) in [7, 11) is -8.03. The van der Waals surface area contributed by atoms with Crippen LogP contribution in [0.4, 0.5) is 0 Å². The molecule has 1 aliphatic heterocycles. The Labute approximate surface area is 230 Å². The van der Waals surface area contributed by atoms with Crippen LogP contribution in [0, 0.1) is 11.8 Å². The van der Waals surface area contributed by atoms with E-state index in [0.29, 0.717) is 13.0 Å². The molecule has 1 fully saturated rings. The maximum atomic E-state index is 13.3. The van der Waals surface area contributed by atoms with Gasteiger partial charge in [-0.15, -0.1) is 0 Å². The zero-order chi connectivity index (χ0) is 30.0. The fourth-order valence-corrected chi connectivity index (χ4v) is 5.34. The second-order valence-electron chi connectivity index (χ2n) is 9.80. The van der Waals surface area contributed by atoms with Gasteiger partial charge in [0, 0.05) is 24.6 Å². The standard InChI is InChI=1S/C23H40N4O10S2/c1-7-36-19(28)9-8-17(13-16-10-11-24-21(16)29)25-22(30)18(12-14(2)3)26-23(31)20(27-38(5,32)33)15(4)37-39(6,34)35/h8-9,14-18,20,27H,7,10-13H2,1-6H3,(H,24,29)(H,25,30)(H,26,31)/b9-8+/t15?,16-,17+,18-,20-/m0/s1. The first-order valence-electron chi connectivity index (χ1n) is 12.5. The van der Waals surface area contributed by atoms with Crippen LogP contribution in [0.1, 0.15) is 47.0 Å². The van der Waals surface area contributed by atoms with Gasteiger partial charge in [0.2, 0.25) is 27.7 Å². The van der Waals surface area contributed by atoms with Crippen molar-refractivity contribution in [2.45, 2.75) is 71.2 Å². The van der Waals surface area contributed by atoms with E-state index in [-0.39, 0.29) is 31.3 Å². The summed E-state index contributed by atoms with van der Waals surface area (Å²) in [6.07, 6.45) is 3.54. The van der Waals surface area contributed by atoms with Crippen molar-refractivity contribution in [2.24, 2.45) is 11.8 Å². The van der Waals surface area contributed by atoms with Gasteiger partial charge in [-0.2, -0.15) is 8.42 Å². The van der Waals surface area contributed by atoms with Crippen molar-refractivity contribution in [1.29, 1.82) is 0 Å². The molecule has 14 nitrogen and oxygen atoms in total. The Morgan fingerprint density at radius 3 is 2.21 bits per heavy atom. The molecule has 0 bridgehead atoms. The van der Waals surface area contributed by atoms with Crippen LogP contribution in [0.25, 0.3) is 0 Å². The fraction of sp³-hybridized carbons (Fsp3) is 0.739. The normalized spacial score (nSPS) is 19.3. The molecular weight excluding hydrogens is 556 g/mol. The topological polar surface area (TPSA) is 203 Å². The number of rotatable bonds is 16. The van der Waals surface area contributed by atoms with E-state index in [9.17, 15) is 36.0 Å². The third kappa shape index (κ3) is 13.9. The van der Waals surface area contributed by atoms with Gasteiger partial charge in [-0.25, -0.2) is 17.9 Å². The fourth-order valence-electron chi connectivity index (χ4n) is 3.92. The highest BCUT2D eigenvalue weighted by molar-refractivity contribution is 7.88. The number of hydrogen-bond acceptors (Lipinski definition) is 10. The second-order valence-corrected chi connectivity index (χ2v) is 13.2. The van der Waals surface area contributed by atoms with Crippen LogP contribution in [-0.4, -0.2) is 90.4 Å². The van der Waals surface area contributed by atoms with Crippen molar-refractivity contribution < 1.29 is 44.9 Å². The number of ether oxygens (including phenoxy) is 1. The SMILES string of the molecule is CCOC(=O)/C=C/[C@H](C[C@@H]1CCNC1=O)NC(=O)[C@H](CC(C)C)NC(=O)[C@@H](NS(C)(=O)=O)C(C)OS(C)(=O)=O. The molecule has 3 amide bonds. The molecule has 1 unspecified atom stereocenters. The molecule has 0 spiro atoms. The predicted octanol–water partition coefficient (Wildman–Crippen LogP) is -1.07. The maximum absolute atomic E-state index is 13.3. The van der Waals surface area contributed by atoms with Gasteiger partial charge in [0.25, 0.3) is 10.1 Å². The van der Waals surface area contributed by atoms with Gasteiger partial charge in [-0.1, -0.05) is 19.9 Å². The monoisotopic (exact) mass is 596 g/mol.